The zero-order valence-corrected chi connectivity index (χ0v) is 14.4. The van der Waals surface area contributed by atoms with Crippen molar-refractivity contribution in [3.8, 4) is 5.75 Å². The van der Waals surface area contributed by atoms with Crippen LogP contribution >= 0.6 is 0 Å². The average Bonchev–Trinajstić information content (AvgIpc) is 3.14. The third-order valence-corrected chi connectivity index (χ3v) is 5.83. The lowest BCUT2D eigenvalue weighted by Crippen LogP contribution is -2.24. The molecule has 0 saturated heterocycles. The van der Waals surface area contributed by atoms with E-state index in [0.29, 0.717) is 0 Å². The van der Waals surface area contributed by atoms with E-state index in [1.165, 1.54) is 16.7 Å². The summed E-state index contributed by atoms with van der Waals surface area (Å²) in [5.74, 6) is 0.775. The van der Waals surface area contributed by atoms with Crippen molar-refractivity contribution in [2.24, 2.45) is 0 Å². The molecule has 0 amide bonds. The molecular formula is C22H20O3. The summed E-state index contributed by atoms with van der Waals surface area (Å²) in [5.41, 5.74) is 5.21. The molecule has 1 N–H and O–H groups in total. The highest BCUT2D eigenvalue weighted by Gasteiger charge is 2.50. The first kappa shape index (κ1) is 14.9. The van der Waals surface area contributed by atoms with Crippen molar-refractivity contribution in [3.63, 3.8) is 0 Å². The number of benzene rings is 3. The Bertz CT molecular complexity index is 1010. The van der Waals surface area contributed by atoms with Crippen LogP contribution in [0.15, 0.2) is 48.5 Å². The van der Waals surface area contributed by atoms with E-state index in [4.69, 9.17) is 9.47 Å². The van der Waals surface area contributed by atoms with Gasteiger partial charge in [-0.05, 0) is 53.5 Å². The topological polar surface area (TPSA) is 38.7 Å². The first-order chi connectivity index (χ1) is 12.2. The molecule has 5 rings (SSSR count). The Kier molecular flexibility index (Phi) is 3.03. The minimum absolute atomic E-state index is 0.550. The second kappa shape index (κ2) is 5.07. The number of rotatable bonds is 1. The SMILES string of the molecule is COc1cccc2ccc3c(c12)C(O)OC31CCc2c(C)cccc21. The van der Waals surface area contributed by atoms with Crippen molar-refractivity contribution in [1.82, 2.24) is 0 Å². The fourth-order valence-electron chi connectivity index (χ4n) is 4.71. The van der Waals surface area contributed by atoms with Gasteiger partial charge in [-0.1, -0.05) is 42.5 Å². The van der Waals surface area contributed by atoms with Crippen LogP contribution in [0.2, 0.25) is 0 Å². The molecule has 3 heteroatoms. The first-order valence-corrected chi connectivity index (χ1v) is 8.70. The van der Waals surface area contributed by atoms with Gasteiger partial charge < -0.3 is 14.6 Å². The van der Waals surface area contributed by atoms with Crippen molar-refractivity contribution in [3.05, 3.63) is 76.3 Å². The van der Waals surface area contributed by atoms with E-state index in [1.54, 1.807) is 7.11 Å². The molecule has 2 atom stereocenters. The van der Waals surface area contributed by atoms with Crippen molar-refractivity contribution < 1.29 is 14.6 Å². The maximum atomic E-state index is 10.8. The van der Waals surface area contributed by atoms with E-state index < -0.39 is 11.9 Å². The van der Waals surface area contributed by atoms with Gasteiger partial charge in [0.15, 0.2) is 6.29 Å². The predicted molar refractivity (Wildman–Crippen MR) is 96.8 cm³/mol. The fourth-order valence-corrected chi connectivity index (χ4v) is 4.71. The van der Waals surface area contributed by atoms with Gasteiger partial charge >= 0.3 is 0 Å². The van der Waals surface area contributed by atoms with Crippen LogP contribution in [0.3, 0.4) is 0 Å². The largest absolute Gasteiger partial charge is 0.496 e. The number of hydrogen-bond donors (Lipinski definition) is 1. The lowest BCUT2D eigenvalue weighted by molar-refractivity contribution is -0.154. The molecule has 0 saturated carbocycles. The summed E-state index contributed by atoms with van der Waals surface area (Å²) in [6.07, 6.45) is 0.886. The van der Waals surface area contributed by atoms with E-state index >= 15 is 0 Å². The molecule has 0 aromatic heterocycles. The minimum Gasteiger partial charge on any atom is -0.496 e. The predicted octanol–water partition coefficient (Wildman–Crippen LogP) is 4.37. The number of fused-ring (bicyclic) bond motifs is 6. The highest BCUT2D eigenvalue weighted by Crippen LogP contribution is 2.56. The summed E-state index contributed by atoms with van der Waals surface area (Å²) in [7, 11) is 1.67. The van der Waals surface area contributed by atoms with Crippen LogP contribution in [0.1, 0.15) is 40.5 Å². The molecule has 0 bridgehead atoms. The maximum absolute atomic E-state index is 10.8. The number of aryl methyl sites for hydroxylation is 1. The molecule has 3 nitrogen and oxygen atoms in total. The summed E-state index contributed by atoms with van der Waals surface area (Å²) in [4.78, 5) is 0. The van der Waals surface area contributed by atoms with Gasteiger partial charge in [0.05, 0.1) is 7.11 Å². The van der Waals surface area contributed by atoms with Crippen LogP contribution in [0.25, 0.3) is 10.8 Å². The van der Waals surface area contributed by atoms with Crippen molar-refractivity contribution in [2.75, 3.05) is 7.11 Å². The Morgan fingerprint density at radius 3 is 2.76 bits per heavy atom. The molecule has 0 fully saturated rings. The van der Waals surface area contributed by atoms with Gasteiger partial charge in [0.25, 0.3) is 0 Å². The normalized spacial score (nSPS) is 23.9. The first-order valence-electron chi connectivity index (χ1n) is 8.70. The summed E-state index contributed by atoms with van der Waals surface area (Å²) in [6.45, 7) is 2.15. The summed E-state index contributed by atoms with van der Waals surface area (Å²) >= 11 is 0. The zero-order valence-electron chi connectivity index (χ0n) is 14.4. The Balaban J connectivity index is 1.84. The molecule has 2 aliphatic rings. The second-order valence-electron chi connectivity index (χ2n) is 6.98. The molecule has 1 aliphatic heterocycles. The fraction of sp³-hybridized carbons (Fsp3) is 0.273. The van der Waals surface area contributed by atoms with Gasteiger partial charge in [-0.25, -0.2) is 0 Å². The number of methoxy groups -OCH3 is 1. The standard InChI is InChI=1S/C22H20O3/c1-13-5-3-7-16-15(13)11-12-22(16)17-10-9-14-6-4-8-18(24-2)19(14)20(17)21(23)25-22/h3-10,21,23H,11-12H2,1-2H3. The number of aliphatic hydroxyl groups excluding tert-OH is 1. The average molecular weight is 332 g/mol. The molecular weight excluding hydrogens is 312 g/mol. The third kappa shape index (κ3) is 1.82. The van der Waals surface area contributed by atoms with E-state index in [9.17, 15) is 5.11 Å². The van der Waals surface area contributed by atoms with E-state index in [0.717, 1.165) is 40.5 Å². The van der Waals surface area contributed by atoms with Crippen LogP contribution in [-0.4, -0.2) is 12.2 Å². The Morgan fingerprint density at radius 2 is 1.92 bits per heavy atom. The van der Waals surface area contributed by atoms with E-state index in [1.807, 2.05) is 18.2 Å². The lowest BCUT2D eigenvalue weighted by atomic mass is 9.84. The molecule has 3 aromatic carbocycles. The molecule has 0 radical (unpaired) electrons. The quantitative estimate of drug-likeness (QED) is 0.719. The number of aliphatic hydroxyl groups is 1. The molecule has 1 heterocycles. The van der Waals surface area contributed by atoms with Crippen molar-refractivity contribution >= 4 is 10.8 Å². The van der Waals surface area contributed by atoms with Crippen LogP contribution < -0.4 is 4.74 Å². The van der Waals surface area contributed by atoms with Crippen LogP contribution in [0.5, 0.6) is 5.75 Å². The third-order valence-electron chi connectivity index (χ3n) is 5.83. The summed E-state index contributed by atoms with van der Waals surface area (Å²) in [6, 6.07) is 16.5. The van der Waals surface area contributed by atoms with Gasteiger partial charge in [-0.2, -0.15) is 0 Å². The van der Waals surface area contributed by atoms with Crippen LogP contribution in [0, 0.1) is 6.92 Å². The summed E-state index contributed by atoms with van der Waals surface area (Å²) < 4.78 is 11.8. The highest BCUT2D eigenvalue weighted by atomic mass is 16.6. The molecule has 126 valence electrons. The smallest absolute Gasteiger partial charge is 0.183 e. The Morgan fingerprint density at radius 1 is 1.08 bits per heavy atom. The van der Waals surface area contributed by atoms with Gasteiger partial charge in [-0.3, -0.25) is 0 Å². The minimum atomic E-state index is -0.943. The number of hydrogen-bond acceptors (Lipinski definition) is 3. The molecule has 2 unspecified atom stereocenters. The van der Waals surface area contributed by atoms with Crippen LogP contribution in [-0.2, 0) is 16.8 Å². The molecule has 3 aromatic rings. The van der Waals surface area contributed by atoms with Gasteiger partial charge in [0.2, 0.25) is 0 Å². The van der Waals surface area contributed by atoms with E-state index in [2.05, 4.69) is 37.3 Å². The maximum Gasteiger partial charge on any atom is 0.183 e. The Hall–Kier alpha value is -2.36. The van der Waals surface area contributed by atoms with Crippen LogP contribution in [0.4, 0.5) is 0 Å². The lowest BCUT2D eigenvalue weighted by Gasteiger charge is -2.26. The highest BCUT2D eigenvalue weighted by molar-refractivity contribution is 5.93. The number of ether oxygens (including phenoxy) is 2. The second-order valence-corrected chi connectivity index (χ2v) is 6.98. The monoisotopic (exact) mass is 332 g/mol. The van der Waals surface area contributed by atoms with E-state index in [-0.39, 0.29) is 0 Å². The van der Waals surface area contributed by atoms with Gasteiger partial charge in [0.1, 0.15) is 11.4 Å². The zero-order chi connectivity index (χ0) is 17.2. The molecule has 25 heavy (non-hydrogen) atoms. The van der Waals surface area contributed by atoms with Crippen molar-refractivity contribution in [1.29, 1.82) is 0 Å². The van der Waals surface area contributed by atoms with Gasteiger partial charge in [0, 0.05) is 10.9 Å². The molecule has 1 spiro atoms. The van der Waals surface area contributed by atoms with Gasteiger partial charge in [-0.15, -0.1) is 0 Å². The van der Waals surface area contributed by atoms with Crippen molar-refractivity contribution in [2.45, 2.75) is 31.7 Å². The molecule has 1 aliphatic carbocycles. The summed E-state index contributed by atoms with van der Waals surface area (Å²) in [5, 5.41) is 12.8. The Labute approximate surface area is 146 Å².